The molecule has 2 aromatic carbocycles. The van der Waals surface area contributed by atoms with Crippen molar-refractivity contribution >= 4 is 33.4 Å². The second-order valence-corrected chi connectivity index (χ2v) is 6.33. The lowest BCUT2D eigenvalue weighted by molar-refractivity contribution is 0.929. The molecule has 0 amide bonds. The molecule has 0 fully saturated rings. The first kappa shape index (κ1) is 16.4. The van der Waals surface area contributed by atoms with Crippen LogP contribution in [0.4, 0.5) is 17.5 Å². The van der Waals surface area contributed by atoms with Gasteiger partial charge in [0, 0.05) is 16.7 Å². The van der Waals surface area contributed by atoms with E-state index in [2.05, 4.69) is 59.9 Å². The van der Waals surface area contributed by atoms with Crippen molar-refractivity contribution in [1.29, 1.82) is 0 Å². The van der Waals surface area contributed by atoms with Crippen LogP contribution in [0.2, 0.25) is 0 Å². The third kappa shape index (κ3) is 4.52. The molecule has 0 bridgehead atoms. The van der Waals surface area contributed by atoms with Gasteiger partial charge in [-0.15, -0.1) is 5.10 Å². The Kier molecular flexibility index (Phi) is 5.38. The minimum Gasteiger partial charge on any atom is -0.353 e. The van der Waals surface area contributed by atoms with Crippen LogP contribution >= 0.6 is 15.9 Å². The lowest BCUT2D eigenvalue weighted by Gasteiger charge is -2.10. The second kappa shape index (κ2) is 7.88. The molecule has 1 aromatic heterocycles. The van der Waals surface area contributed by atoms with Crippen LogP contribution in [0.3, 0.4) is 0 Å². The molecule has 5 nitrogen and oxygen atoms in total. The van der Waals surface area contributed by atoms with E-state index in [0.717, 1.165) is 28.7 Å². The summed E-state index contributed by atoms with van der Waals surface area (Å²) < 4.78 is 1.05. The van der Waals surface area contributed by atoms with E-state index in [1.807, 2.05) is 37.3 Å². The molecule has 0 aliphatic carbocycles. The molecular formula is C18H18BrN5. The van der Waals surface area contributed by atoms with E-state index >= 15 is 0 Å². The summed E-state index contributed by atoms with van der Waals surface area (Å²) in [6.07, 6.45) is 2.53. The highest BCUT2D eigenvalue weighted by Gasteiger charge is 2.04. The number of aromatic nitrogens is 3. The molecule has 0 radical (unpaired) electrons. The summed E-state index contributed by atoms with van der Waals surface area (Å²) in [7, 11) is 0. The fourth-order valence-electron chi connectivity index (χ4n) is 2.31. The average molecular weight is 384 g/mol. The summed E-state index contributed by atoms with van der Waals surface area (Å²) in [6, 6.07) is 16.4. The Balaban J connectivity index is 1.61. The monoisotopic (exact) mass is 383 g/mol. The van der Waals surface area contributed by atoms with Crippen molar-refractivity contribution in [1.82, 2.24) is 15.2 Å². The minimum absolute atomic E-state index is 0.519. The van der Waals surface area contributed by atoms with E-state index in [0.29, 0.717) is 11.8 Å². The molecule has 6 heteroatoms. The molecule has 122 valence electrons. The van der Waals surface area contributed by atoms with Gasteiger partial charge in [0.25, 0.3) is 0 Å². The van der Waals surface area contributed by atoms with E-state index in [4.69, 9.17) is 0 Å². The van der Waals surface area contributed by atoms with Gasteiger partial charge < -0.3 is 10.6 Å². The van der Waals surface area contributed by atoms with Crippen molar-refractivity contribution in [2.45, 2.75) is 13.3 Å². The van der Waals surface area contributed by atoms with Gasteiger partial charge in [-0.05, 0) is 42.7 Å². The smallest absolute Gasteiger partial charge is 0.244 e. The van der Waals surface area contributed by atoms with Crippen molar-refractivity contribution < 1.29 is 0 Å². The summed E-state index contributed by atoms with van der Waals surface area (Å²) in [5.41, 5.74) is 3.40. The zero-order valence-corrected chi connectivity index (χ0v) is 14.9. The number of hydrogen-bond donors (Lipinski definition) is 2. The molecule has 3 aromatic rings. The Bertz CT molecular complexity index is 808. The number of anilines is 3. The summed E-state index contributed by atoms with van der Waals surface area (Å²) in [6.45, 7) is 2.80. The van der Waals surface area contributed by atoms with Crippen LogP contribution in [0, 0.1) is 6.92 Å². The number of nitrogens with zero attached hydrogens (tertiary/aromatic N) is 3. The van der Waals surface area contributed by atoms with Crippen LogP contribution in [0.5, 0.6) is 0 Å². The van der Waals surface area contributed by atoms with Crippen LogP contribution in [0.1, 0.15) is 11.1 Å². The SMILES string of the molecule is Cc1cc(Br)ccc1Nc1cnnc(NCCc2ccccc2)n1. The Morgan fingerprint density at radius 3 is 2.71 bits per heavy atom. The molecule has 2 N–H and O–H groups in total. The van der Waals surface area contributed by atoms with E-state index in [9.17, 15) is 0 Å². The fourth-order valence-corrected chi connectivity index (χ4v) is 2.78. The lowest BCUT2D eigenvalue weighted by atomic mass is 10.1. The number of rotatable bonds is 6. The van der Waals surface area contributed by atoms with Gasteiger partial charge >= 0.3 is 0 Å². The predicted molar refractivity (Wildman–Crippen MR) is 101 cm³/mol. The number of nitrogens with one attached hydrogen (secondary N) is 2. The normalized spacial score (nSPS) is 10.4. The predicted octanol–water partition coefficient (Wildman–Crippen LogP) is 4.34. The molecule has 0 unspecified atom stereocenters. The topological polar surface area (TPSA) is 62.7 Å². The zero-order chi connectivity index (χ0) is 16.8. The van der Waals surface area contributed by atoms with Gasteiger partial charge in [0.05, 0.1) is 6.20 Å². The standard InChI is InChI=1S/C18H18BrN5/c1-13-11-15(19)7-8-16(13)22-17-12-21-24-18(23-17)20-10-9-14-5-3-2-4-6-14/h2-8,11-12H,9-10H2,1H3,(H2,20,22,23,24). The molecule has 0 saturated carbocycles. The fraction of sp³-hybridized carbons (Fsp3) is 0.167. The Morgan fingerprint density at radius 2 is 1.92 bits per heavy atom. The first-order valence-corrected chi connectivity index (χ1v) is 8.51. The third-order valence-electron chi connectivity index (χ3n) is 3.55. The van der Waals surface area contributed by atoms with Gasteiger partial charge in [0.2, 0.25) is 5.95 Å². The molecule has 1 heterocycles. The van der Waals surface area contributed by atoms with Crippen LogP contribution in [-0.2, 0) is 6.42 Å². The van der Waals surface area contributed by atoms with E-state index < -0.39 is 0 Å². The van der Waals surface area contributed by atoms with E-state index in [1.54, 1.807) is 6.20 Å². The van der Waals surface area contributed by atoms with Crippen LogP contribution in [0.25, 0.3) is 0 Å². The van der Waals surface area contributed by atoms with E-state index in [1.165, 1.54) is 5.56 Å². The zero-order valence-electron chi connectivity index (χ0n) is 13.3. The van der Waals surface area contributed by atoms with Crippen LogP contribution < -0.4 is 10.6 Å². The van der Waals surface area contributed by atoms with Crippen LogP contribution in [0.15, 0.2) is 59.2 Å². The van der Waals surface area contributed by atoms with Gasteiger partial charge in [-0.3, -0.25) is 0 Å². The highest BCUT2D eigenvalue weighted by molar-refractivity contribution is 9.10. The molecular weight excluding hydrogens is 366 g/mol. The second-order valence-electron chi connectivity index (χ2n) is 5.41. The van der Waals surface area contributed by atoms with Gasteiger partial charge in [0.1, 0.15) is 0 Å². The highest BCUT2D eigenvalue weighted by Crippen LogP contribution is 2.22. The van der Waals surface area contributed by atoms with Gasteiger partial charge in [-0.1, -0.05) is 46.3 Å². The van der Waals surface area contributed by atoms with Crippen LogP contribution in [-0.4, -0.2) is 21.7 Å². The molecule has 0 aliphatic rings. The van der Waals surface area contributed by atoms with Crippen molar-refractivity contribution in [2.24, 2.45) is 0 Å². The number of halogens is 1. The molecule has 0 spiro atoms. The number of benzene rings is 2. The quantitative estimate of drug-likeness (QED) is 0.662. The molecule has 0 aliphatic heterocycles. The molecule has 0 atom stereocenters. The van der Waals surface area contributed by atoms with Crippen molar-refractivity contribution in [3.8, 4) is 0 Å². The van der Waals surface area contributed by atoms with Crippen molar-refractivity contribution in [3.05, 3.63) is 70.3 Å². The first-order chi connectivity index (χ1) is 11.7. The van der Waals surface area contributed by atoms with Gasteiger partial charge in [-0.2, -0.15) is 10.1 Å². The molecule has 24 heavy (non-hydrogen) atoms. The maximum atomic E-state index is 4.46. The average Bonchev–Trinajstić information content (AvgIpc) is 2.59. The number of hydrogen-bond acceptors (Lipinski definition) is 5. The Hall–Kier alpha value is -2.47. The summed E-state index contributed by atoms with van der Waals surface area (Å²) in [4.78, 5) is 4.46. The lowest BCUT2D eigenvalue weighted by Crippen LogP contribution is -2.09. The van der Waals surface area contributed by atoms with Crippen molar-refractivity contribution in [2.75, 3.05) is 17.2 Å². The highest BCUT2D eigenvalue weighted by atomic mass is 79.9. The Morgan fingerprint density at radius 1 is 1.08 bits per heavy atom. The van der Waals surface area contributed by atoms with Gasteiger partial charge in [0.15, 0.2) is 5.82 Å². The minimum atomic E-state index is 0.519. The summed E-state index contributed by atoms with van der Waals surface area (Å²) >= 11 is 3.47. The number of aryl methyl sites for hydroxylation is 1. The molecule has 3 rings (SSSR count). The molecule has 0 saturated heterocycles. The first-order valence-electron chi connectivity index (χ1n) is 7.71. The summed E-state index contributed by atoms with van der Waals surface area (Å²) in [5.74, 6) is 1.18. The summed E-state index contributed by atoms with van der Waals surface area (Å²) in [5, 5.41) is 14.5. The van der Waals surface area contributed by atoms with Gasteiger partial charge in [-0.25, -0.2) is 0 Å². The third-order valence-corrected chi connectivity index (χ3v) is 4.04. The maximum Gasteiger partial charge on any atom is 0.244 e. The Labute approximate surface area is 149 Å². The van der Waals surface area contributed by atoms with Crippen molar-refractivity contribution in [3.63, 3.8) is 0 Å². The largest absolute Gasteiger partial charge is 0.353 e. The maximum absolute atomic E-state index is 4.46. The van der Waals surface area contributed by atoms with E-state index in [-0.39, 0.29) is 0 Å².